The van der Waals surface area contributed by atoms with E-state index in [0.717, 1.165) is 17.3 Å². The molecule has 1 aromatic carbocycles. The number of benzene rings is 1. The van der Waals surface area contributed by atoms with E-state index in [2.05, 4.69) is 10.0 Å². The van der Waals surface area contributed by atoms with E-state index in [-0.39, 0.29) is 24.1 Å². The first kappa shape index (κ1) is 16.0. The molecule has 9 heteroatoms. The highest BCUT2D eigenvalue weighted by Gasteiger charge is 2.36. The van der Waals surface area contributed by atoms with Crippen molar-refractivity contribution in [2.24, 2.45) is 0 Å². The summed E-state index contributed by atoms with van der Waals surface area (Å²) in [6, 6.07) is 1.31. The van der Waals surface area contributed by atoms with Gasteiger partial charge in [-0.25, -0.2) is 8.60 Å². The molecule has 2 aliphatic rings. The van der Waals surface area contributed by atoms with Crippen molar-refractivity contribution < 1.29 is 23.2 Å². The topological polar surface area (TPSA) is 90.9 Å². The lowest BCUT2D eigenvalue weighted by Gasteiger charge is -2.17. The van der Waals surface area contributed by atoms with Crippen LogP contribution in [0.2, 0.25) is 0 Å². The average Bonchev–Trinajstić information content (AvgIpc) is 3.03. The smallest absolute Gasteiger partial charge is 0.253 e. The van der Waals surface area contributed by atoms with Gasteiger partial charge in [-0.15, -0.1) is 0 Å². The quantitative estimate of drug-likeness (QED) is 0.671. The number of carbonyl (C=O) groups excluding carboxylic acids is 1. The molecule has 1 amide bonds. The first-order chi connectivity index (χ1) is 11.0. The molecule has 0 aromatic heterocycles. The second kappa shape index (κ2) is 6.32. The monoisotopic (exact) mass is 343 g/mol. The molecule has 3 N–H and O–H groups in total. The molecule has 126 valence electrons. The van der Waals surface area contributed by atoms with E-state index < -0.39 is 28.6 Å². The van der Waals surface area contributed by atoms with Crippen molar-refractivity contribution in [2.75, 3.05) is 23.9 Å². The van der Waals surface area contributed by atoms with Crippen LogP contribution in [0.25, 0.3) is 0 Å². The summed E-state index contributed by atoms with van der Waals surface area (Å²) in [5, 5.41) is 13.3. The molecule has 0 radical (unpaired) electrons. The molecule has 7 nitrogen and oxygen atoms in total. The molecular weight excluding hydrogens is 325 g/mol. The van der Waals surface area contributed by atoms with Crippen LogP contribution >= 0.6 is 0 Å². The van der Waals surface area contributed by atoms with Gasteiger partial charge in [-0.2, -0.15) is 0 Å². The average molecular weight is 343 g/mol. The van der Waals surface area contributed by atoms with E-state index in [9.17, 15) is 18.5 Å². The second-order valence-electron chi connectivity index (χ2n) is 5.49. The Hall–Kier alpha value is -1.87. The summed E-state index contributed by atoms with van der Waals surface area (Å²) in [6.45, 7) is 3.20. The van der Waals surface area contributed by atoms with E-state index in [4.69, 9.17) is 4.74 Å². The zero-order valence-corrected chi connectivity index (χ0v) is 13.4. The highest BCUT2D eigenvalue weighted by molar-refractivity contribution is 7.85. The number of phenolic OH excluding ortho intramolecular Hbond substituents is 1. The molecule has 2 heterocycles. The summed E-state index contributed by atoms with van der Waals surface area (Å²) in [7, 11) is 0. The number of phenols is 1. The van der Waals surface area contributed by atoms with Crippen LogP contribution in [0.1, 0.15) is 18.9 Å². The zero-order chi connectivity index (χ0) is 16.6. The highest BCUT2D eigenvalue weighted by atomic mass is 32.2. The predicted molar refractivity (Wildman–Crippen MR) is 83.0 cm³/mol. The third-order valence-electron chi connectivity index (χ3n) is 3.74. The van der Waals surface area contributed by atoms with Crippen LogP contribution in [0.5, 0.6) is 11.5 Å². The number of halogens is 1. The fourth-order valence-electron chi connectivity index (χ4n) is 2.71. The third-order valence-corrected chi connectivity index (χ3v) is 4.86. The van der Waals surface area contributed by atoms with Crippen LogP contribution in [-0.4, -0.2) is 41.0 Å². The van der Waals surface area contributed by atoms with Crippen molar-refractivity contribution in [3.8, 4) is 11.5 Å². The number of aromatic hydroxyl groups is 1. The molecule has 2 aliphatic heterocycles. The Bertz CT molecular complexity index is 670. The molecule has 0 aliphatic carbocycles. The number of nitrogens with one attached hydrogen (secondary N) is 2. The first-order valence-electron chi connectivity index (χ1n) is 7.41. The summed E-state index contributed by atoms with van der Waals surface area (Å²) in [5.74, 6) is -1.28. The number of amides is 1. The van der Waals surface area contributed by atoms with E-state index in [1.54, 1.807) is 0 Å². The lowest BCUT2D eigenvalue weighted by atomic mass is 10.1. The molecular formula is C14H18FN3O4S. The lowest BCUT2D eigenvalue weighted by molar-refractivity contribution is -0.117. The van der Waals surface area contributed by atoms with E-state index >= 15 is 0 Å². The van der Waals surface area contributed by atoms with E-state index in [1.807, 2.05) is 6.92 Å². The Labute approximate surface area is 135 Å². The summed E-state index contributed by atoms with van der Waals surface area (Å²) in [5.41, 5.74) is 0.101. The van der Waals surface area contributed by atoms with Crippen molar-refractivity contribution in [2.45, 2.75) is 25.9 Å². The van der Waals surface area contributed by atoms with E-state index in [0.29, 0.717) is 18.5 Å². The molecule has 1 aromatic rings. The summed E-state index contributed by atoms with van der Waals surface area (Å²) >= 11 is -1.89. The molecule has 1 fully saturated rings. The Morgan fingerprint density at radius 3 is 3.04 bits per heavy atom. The maximum atomic E-state index is 14.8. The number of anilines is 1. The van der Waals surface area contributed by atoms with Crippen molar-refractivity contribution in [1.82, 2.24) is 10.0 Å². The normalized spacial score (nSPS) is 22.9. The first-order valence-corrected chi connectivity index (χ1v) is 8.52. The molecule has 23 heavy (non-hydrogen) atoms. The van der Waals surface area contributed by atoms with Crippen LogP contribution in [0.3, 0.4) is 0 Å². The second-order valence-corrected chi connectivity index (χ2v) is 6.64. The fraction of sp³-hybridized carbons (Fsp3) is 0.500. The Morgan fingerprint density at radius 1 is 1.61 bits per heavy atom. The molecule has 0 bridgehead atoms. The lowest BCUT2D eigenvalue weighted by Crippen LogP contribution is -2.30. The van der Waals surface area contributed by atoms with Crippen LogP contribution in [0.15, 0.2) is 6.07 Å². The molecule has 1 saturated heterocycles. The number of ether oxygens (including phenoxy) is 1. The van der Waals surface area contributed by atoms with Gasteiger partial charge in [0.05, 0.1) is 0 Å². The molecule has 2 atom stereocenters. The van der Waals surface area contributed by atoms with Crippen LogP contribution < -0.4 is 19.1 Å². The molecule has 0 saturated carbocycles. The Balaban J connectivity index is 1.85. The number of nitrogens with zero attached hydrogens (tertiary/aromatic N) is 1. The Morgan fingerprint density at radius 2 is 2.39 bits per heavy atom. The van der Waals surface area contributed by atoms with E-state index in [1.165, 1.54) is 6.07 Å². The molecule has 0 spiro atoms. The van der Waals surface area contributed by atoms with Crippen LogP contribution in [0, 0.1) is 5.82 Å². The largest absolute Gasteiger partial charge is 0.505 e. The zero-order valence-electron chi connectivity index (χ0n) is 12.6. The third kappa shape index (κ3) is 2.98. The van der Waals surface area contributed by atoms with Gasteiger partial charge in [0.2, 0.25) is 11.2 Å². The van der Waals surface area contributed by atoms with Gasteiger partial charge in [-0.3, -0.25) is 13.8 Å². The van der Waals surface area contributed by atoms with Crippen molar-refractivity contribution in [1.29, 1.82) is 0 Å². The van der Waals surface area contributed by atoms with Gasteiger partial charge in [-0.1, -0.05) is 6.92 Å². The molecule has 2 unspecified atom stereocenters. The van der Waals surface area contributed by atoms with Gasteiger partial charge in [0, 0.05) is 24.6 Å². The van der Waals surface area contributed by atoms with Gasteiger partial charge in [0.15, 0.2) is 5.82 Å². The van der Waals surface area contributed by atoms with Gasteiger partial charge in [0.1, 0.15) is 29.8 Å². The number of rotatable bonds is 5. The predicted octanol–water partition coefficient (Wildman–Crippen LogP) is 0.349. The number of hydrogen-bond donors (Lipinski definition) is 3. The van der Waals surface area contributed by atoms with Gasteiger partial charge in [-0.05, 0) is 13.0 Å². The maximum absolute atomic E-state index is 14.8. The highest BCUT2D eigenvalue weighted by Crippen LogP contribution is 2.42. The van der Waals surface area contributed by atoms with Gasteiger partial charge in [0.25, 0.3) is 5.91 Å². The van der Waals surface area contributed by atoms with Crippen LogP contribution in [-0.2, 0) is 22.4 Å². The number of carbonyl (C=O) groups is 1. The van der Waals surface area contributed by atoms with Crippen molar-refractivity contribution in [3.63, 3.8) is 0 Å². The number of fused-ring (bicyclic) bond motifs is 1. The molecule has 3 rings (SSSR count). The fourth-order valence-corrected chi connectivity index (χ4v) is 3.66. The standard InChI is InChI=1S/C14H18FN3O4S/c1-2-3-16-6-8-4-9-11(22-8)5-10(19)14(13(9)15)18-7-12(20)17-23(18)21/h5,8,16,19H,2-4,6-7H2,1H3,(H,17,20). The maximum Gasteiger partial charge on any atom is 0.253 e. The minimum atomic E-state index is -1.89. The minimum absolute atomic E-state index is 0.218. The van der Waals surface area contributed by atoms with Gasteiger partial charge < -0.3 is 15.2 Å². The van der Waals surface area contributed by atoms with Crippen molar-refractivity contribution >= 4 is 22.8 Å². The summed E-state index contributed by atoms with van der Waals surface area (Å²) in [6.07, 6.45) is 1.12. The van der Waals surface area contributed by atoms with Crippen LogP contribution in [0.4, 0.5) is 10.1 Å². The number of hydrogen-bond acceptors (Lipinski definition) is 5. The van der Waals surface area contributed by atoms with Crippen molar-refractivity contribution in [3.05, 3.63) is 17.4 Å². The summed E-state index contributed by atoms with van der Waals surface area (Å²) in [4.78, 5) is 11.3. The Kier molecular flexibility index (Phi) is 4.40. The SMILES string of the molecule is CCCNCC1Cc2c(cc(O)c(N3CC(=O)NS3=O)c2F)O1. The van der Waals surface area contributed by atoms with Gasteiger partial charge >= 0.3 is 0 Å². The minimum Gasteiger partial charge on any atom is -0.505 e. The summed E-state index contributed by atoms with van der Waals surface area (Å²) < 4.78 is 35.4.